The smallest absolute Gasteiger partial charge is 0.0750 e. The van der Waals surface area contributed by atoms with Gasteiger partial charge in [0.25, 0.3) is 0 Å². The SMILES string of the molecule is OC1(Cc2ccncc2)C2CCC1Cc1ccccc1C2. The molecule has 1 saturated carbocycles. The van der Waals surface area contributed by atoms with E-state index in [4.69, 9.17) is 0 Å². The van der Waals surface area contributed by atoms with Crippen LogP contribution in [0.1, 0.15) is 29.5 Å². The molecule has 2 bridgehead atoms. The van der Waals surface area contributed by atoms with E-state index >= 15 is 0 Å². The molecule has 4 rings (SSSR count). The second-order valence-corrected chi connectivity index (χ2v) is 6.67. The van der Waals surface area contributed by atoms with Crippen LogP contribution in [0.15, 0.2) is 48.8 Å². The lowest BCUT2D eigenvalue weighted by Crippen LogP contribution is -2.42. The minimum Gasteiger partial charge on any atom is -0.389 e. The van der Waals surface area contributed by atoms with Gasteiger partial charge in [-0.25, -0.2) is 0 Å². The summed E-state index contributed by atoms with van der Waals surface area (Å²) in [6.45, 7) is 0. The fourth-order valence-electron chi connectivity index (χ4n) is 4.40. The van der Waals surface area contributed by atoms with Crippen LogP contribution in [-0.2, 0) is 19.3 Å². The third-order valence-corrected chi connectivity index (χ3v) is 5.57. The van der Waals surface area contributed by atoms with Crippen molar-refractivity contribution in [1.82, 2.24) is 4.98 Å². The molecule has 2 atom stereocenters. The van der Waals surface area contributed by atoms with Crippen LogP contribution in [0.2, 0.25) is 0 Å². The molecule has 2 unspecified atom stereocenters. The van der Waals surface area contributed by atoms with Gasteiger partial charge in [-0.3, -0.25) is 4.98 Å². The standard InChI is InChI=1S/C19H21NO/c21-19(13-14-7-9-20-10-8-14)17-5-6-18(19)12-16-4-2-1-3-15(16)11-17/h1-4,7-10,17-18,21H,5-6,11-13H2. The average molecular weight is 279 g/mol. The molecular weight excluding hydrogens is 258 g/mol. The van der Waals surface area contributed by atoms with Crippen LogP contribution in [0.3, 0.4) is 0 Å². The van der Waals surface area contributed by atoms with Crippen LogP contribution in [0.5, 0.6) is 0 Å². The van der Waals surface area contributed by atoms with Crippen molar-refractivity contribution in [3.63, 3.8) is 0 Å². The van der Waals surface area contributed by atoms with Crippen LogP contribution in [0, 0.1) is 11.8 Å². The van der Waals surface area contributed by atoms with Gasteiger partial charge in [0.05, 0.1) is 5.60 Å². The zero-order valence-corrected chi connectivity index (χ0v) is 12.2. The maximum atomic E-state index is 11.5. The molecule has 2 aliphatic carbocycles. The van der Waals surface area contributed by atoms with Gasteiger partial charge in [0.15, 0.2) is 0 Å². The van der Waals surface area contributed by atoms with Gasteiger partial charge in [-0.2, -0.15) is 0 Å². The largest absolute Gasteiger partial charge is 0.389 e. The molecule has 2 aliphatic rings. The maximum absolute atomic E-state index is 11.5. The van der Waals surface area contributed by atoms with Crippen molar-refractivity contribution in [3.05, 3.63) is 65.5 Å². The third kappa shape index (κ3) is 2.18. The number of pyridine rings is 1. The Balaban J connectivity index is 1.68. The van der Waals surface area contributed by atoms with Gasteiger partial charge >= 0.3 is 0 Å². The normalized spacial score (nSPS) is 30.7. The molecule has 2 heteroatoms. The van der Waals surface area contributed by atoms with Crippen molar-refractivity contribution in [2.24, 2.45) is 11.8 Å². The van der Waals surface area contributed by atoms with E-state index in [1.165, 1.54) is 16.7 Å². The van der Waals surface area contributed by atoms with Crippen LogP contribution in [-0.4, -0.2) is 15.7 Å². The van der Waals surface area contributed by atoms with E-state index < -0.39 is 5.60 Å². The van der Waals surface area contributed by atoms with Crippen molar-refractivity contribution in [2.75, 3.05) is 0 Å². The topological polar surface area (TPSA) is 33.1 Å². The molecular formula is C19H21NO. The first-order valence-electron chi connectivity index (χ1n) is 7.94. The van der Waals surface area contributed by atoms with Crippen molar-refractivity contribution >= 4 is 0 Å². The zero-order chi connectivity index (χ0) is 14.3. The number of fused-ring (bicyclic) bond motifs is 3. The molecule has 1 aromatic carbocycles. The summed E-state index contributed by atoms with van der Waals surface area (Å²) in [6, 6.07) is 12.8. The molecule has 108 valence electrons. The summed E-state index contributed by atoms with van der Waals surface area (Å²) < 4.78 is 0. The summed E-state index contributed by atoms with van der Waals surface area (Å²) in [5.41, 5.74) is 3.53. The lowest BCUT2D eigenvalue weighted by Gasteiger charge is -2.34. The van der Waals surface area contributed by atoms with E-state index in [1.807, 2.05) is 24.5 Å². The molecule has 0 amide bonds. The Morgan fingerprint density at radius 2 is 1.52 bits per heavy atom. The number of nitrogens with zero attached hydrogens (tertiary/aromatic N) is 1. The van der Waals surface area contributed by atoms with Crippen LogP contribution in [0.25, 0.3) is 0 Å². The van der Waals surface area contributed by atoms with Crippen molar-refractivity contribution in [3.8, 4) is 0 Å². The Morgan fingerprint density at radius 1 is 0.952 bits per heavy atom. The minimum absolute atomic E-state index is 0.388. The fraction of sp³-hybridized carbons (Fsp3) is 0.421. The number of rotatable bonds is 2. The van der Waals surface area contributed by atoms with Crippen LogP contribution < -0.4 is 0 Å². The van der Waals surface area contributed by atoms with Gasteiger partial charge in [0.1, 0.15) is 0 Å². The Kier molecular flexibility index (Phi) is 3.07. The second kappa shape index (κ2) is 4.96. The number of aliphatic hydroxyl groups is 1. The summed E-state index contributed by atoms with van der Waals surface area (Å²) >= 11 is 0. The molecule has 1 aromatic heterocycles. The summed E-state index contributed by atoms with van der Waals surface area (Å²) in [4.78, 5) is 4.08. The molecule has 2 aromatic rings. The van der Waals surface area contributed by atoms with E-state index in [0.29, 0.717) is 11.8 Å². The Bertz CT molecular complexity index is 604. The van der Waals surface area contributed by atoms with Crippen molar-refractivity contribution < 1.29 is 5.11 Å². The number of hydrogen-bond donors (Lipinski definition) is 1. The highest BCUT2D eigenvalue weighted by atomic mass is 16.3. The third-order valence-electron chi connectivity index (χ3n) is 5.57. The highest BCUT2D eigenvalue weighted by molar-refractivity contribution is 5.32. The summed E-state index contributed by atoms with van der Waals surface area (Å²) in [5, 5.41) is 11.5. The van der Waals surface area contributed by atoms with Crippen LogP contribution in [0.4, 0.5) is 0 Å². The molecule has 2 nitrogen and oxygen atoms in total. The molecule has 0 spiro atoms. The minimum atomic E-state index is -0.555. The van der Waals surface area contributed by atoms with E-state index in [0.717, 1.165) is 32.1 Å². The molecule has 0 radical (unpaired) electrons. The molecule has 1 N–H and O–H groups in total. The monoisotopic (exact) mass is 279 g/mol. The first-order chi connectivity index (χ1) is 10.3. The summed E-state index contributed by atoms with van der Waals surface area (Å²) in [6.07, 6.45) is 8.76. The lowest BCUT2D eigenvalue weighted by molar-refractivity contribution is -0.0330. The second-order valence-electron chi connectivity index (χ2n) is 6.67. The fourth-order valence-corrected chi connectivity index (χ4v) is 4.40. The van der Waals surface area contributed by atoms with E-state index in [-0.39, 0.29) is 0 Å². The summed E-state index contributed by atoms with van der Waals surface area (Å²) in [7, 11) is 0. The van der Waals surface area contributed by atoms with Gasteiger partial charge < -0.3 is 5.11 Å². The Morgan fingerprint density at radius 3 is 2.10 bits per heavy atom. The summed E-state index contributed by atoms with van der Waals surface area (Å²) in [5.74, 6) is 0.777. The first kappa shape index (κ1) is 13.0. The Hall–Kier alpha value is -1.67. The lowest BCUT2D eigenvalue weighted by atomic mass is 9.78. The molecule has 1 fully saturated rings. The number of aromatic nitrogens is 1. The first-order valence-corrected chi connectivity index (χ1v) is 7.94. The molecule has 0 aliphatic heterocycles. The highest BCUT2D eigenvalue weighted by Crippen LogP contribution is 2.48. The highest BCUT2D eigenvalue weighted by Gasteiger charge is 2.50. The number of hydrogen-bond acceptors (Lipinski definition) is 2. The van der Waals surface area contributed by atoms with Crippen molar-refractivity contribution in [2.45, 2.75) is 37.7 Å². The molecule has 1 heterocycles. The van der Waals surface area contributed by atoms with Gasteiger partial charge in [0.2, 0.25) is 0 Å². The maximum Gasteiger partial charge on any atom is 0.0750 e. The predicted octanol–water partition coefficient (Wildman–Crippen LogP) is 3.18. The van der Waals surface area contributed by atoms with Gasteiger partial charge in [-0.15, -0.1) is 0 Å². The van der Waals surface area contributed by atoms with Gasteiger partial charge in [-0.1, -0.05) is 24.3 Å². The molecule has 0 saturated heterocycles. The number of benzene rings is 1. The van der Waals surface area contributed by atoms with E-state index in [2.05, 4.69) is 29.2 Å². The van der Waals surface area contributed by atoms with Gasteiger partial charge in [0, 0.05) is 18.8 Å². The van der Waals surface area contributed by atoms with Crippen molar-refractivity contribution in [1.29, 1.82) is 0 Å². The quantitative estimate of drug-likeness (QED) is 0.916. The Labute approximate surface area is 125 Å². The van der Waals surface area contributed by atoms with E-state index in [9.17, 15) is 5.11 Å². The van der Waals surface area contributed by atoms with Gasteiger partial charge in [-0.05, 0) is 66.3 Å². The predicted molar refractivity (Wildman–Crippen MR) is 83.0 cm³/mol. The zero-order valence-electron chi connectivity index (χ0n) is 12.2. The van der Waals surface area contributed by atoms with E-state index in [1.54, 1.807) is 0 Å². The molecule has 21 heavy (non-hydrogen) atoms. The average Bonchev–Trinajstić information content (AvgIpc) is 2.71. The van der Waals surface area contributed by atoms with Crippen LogP contribution >= 0.6 is 0 Å².